The molecule has 0 aliphatic carbocycles. The summed E-state index contributed by atoms with van der Waals surface area (Å²) in [5.41, 5.74) is 0. The number of nitrogens with one attached hydrogen (secondary N) is 1. The molecule has 102 valence electrons. The lowest BCUT2D eigenvalue weighted by Gasteiger charge is -2.20. The molecule has 3 nitrogen and oxygen atoms in total. The molecule has 0 bridgehead atoms. The van der Waals surface area contributed by atoms with E-state index in [1.165, 1.54) is 6.07 Å². The van der Waals surface area contributed by atoms with E-state index >= 15 is 0 Å². The maximum Gasteiger partial charge on any atom is 0.214 e. The van der Waals surface area contributed by atoms with E-state index < -0.39 is 5.95 Å². The van der Waals surface area contributed by atoms with Crippen LogP contribution < -0.4 is 5.32 Å². The second-order valence-corrected chi connectivity index (χ2v) is 4.56. The van der Waals surface area contributed by atoms with Gasteiger partial charge in [-0.2, -0.15) is 4.39 Å². The number of aromatic nitrogens is 1. The van der Waals surface area contributed by atoms with Crippen molar-refractivity contribution in [1.29, 1.82) is 0 Å². The third kappa shape index (κ3) is 5.45. The number of halogens is 1. The van der Waals surface area contributed by atoms with Gasteiger partial charge < -0.3 is 10.2 Å². The first-order valence-electron chi connectivity index (χ1n) is 6.77. The van der Waals surface area contributed by atoms with E-state index in [4.69, 9.17) is 0 Å². The third-order valence-electron chi connectivity index (χ3n) is 3.12. The van der Waals surface area contributed by atoms with Crippen molar-refractivity contribution in [2.45, 2.75) is 39.7 Å². The molecule has 0 aliphatic rings. The molecule has 0 aromatic carbocycles. The van der Waals surface area contributed by atoms with Gasteiger partial charge in [-0.15, -0.1) is 0 Å². The van der Waals surface area contributed by atoms with Gasteiger partial charge in [0.25, 0.3) is 0 Å². The lowest BCUT2D eigenvalue weighted by Crippen LogP contribution is -2.25. The van der Waals surface area contributed by atoms with Crippen molar-refractivity contribution in [3.8, 4) is 0 Å². The summed E-state index contributed by atoms with van der Waals surface area (Å²) in [6, 6.07) is 5.14. The molecular formula is C14H24FN3. The van der Waals surface area contributed by atoms with Gasteiger partial charge in [0.2, 0.25) is 5.95 Å². The van der Waals surface area contributed by atoms with Crippen LogP contribution in [-0.2, 0) is 0 Å². The molecule has 0 fully saturated rings. The Kier molecular flexibility index (Phi) is 6.65. The van der Waals surface area contributed by atoms with Crippen LogP contribution in [0.1, 0.15) is 33.6 Å². The fourth-order valence-electron chi connectivity index (χ4n) is 1.97. The van der Waals surface area contributed by atoms with Crippen LogP contribution in [0.5, 0.6) is 0 Å². The molecule has 0 radical (unpaired) electrons. The standard InChI is InChI=1S/C14H24FN3/c1-4-18(5-2)11-7-8-12(3)16-14-10-6-9-13(15)17-14/h6,9-10,12H,4-5,7-8,11H2,1-3H3,(H,16,17). The van der Waals surface area contributed by atoms with Gasteiger partial charge in [-0.05, 0) is 51.5 Å². The molecule has 1 rings (SSSR count). The van der Waals surface area contributed by atoms with Crippen LogP contribution in [0.4, 0.5) is 10.2 Å². The van der Waals surface area contributed by atoms with Crippen molar-refractivity contribution in [3.63, 3.8) is 0 Å². The van der Waals surface area contributed by atoms with Gasteiger partial charge in [0.1, 0.15) is 5.82 Å². The van der Waals surface area contributed by atoms with E-state index in [1.54, 1.807) is 12.1 Å². The van der Waals surface area contributed by atoms with Gasteiger partial charge in [-0.25, -0.2) is 4.98 Å². The van der Waals surface area contributed by atoms with E-state index in [1.807, 2.05) is 0 Å². The molecule has 4 heteroatoms. The smallest absolute Gasteiger partial charge is 0.214 e. The van der Waals surface area contributed by atoms with Gasteiger partial charge in [-0.3, -0.25) is 0 Å². The van der Waals surface area contributed by atoms with Gasteiger partial charge in [0.05, 0.1) is 0 Å². The Hall–Kier alpha value is -1.16. The Balaban J connectivity index is 2.27. The molecule has 0 aliphatic heterocycles. The van der Waals surface area contributed by atoms with Crippen molar-refractivity contribution >= 4 is 5.82 Å². The van der Waals surface area contributed by atoms with Crippen LogP contribution in [0.25, 0.3) is 0 Å². The minimum Gasteiger partial charge on any atom is -0.368 e. The number of anilines is 1. The zero-order valence-electron chi connectivity index (χ0n) is 11.6. The molecule has 0 saturated carbocycles. The quantitative estimate of drug-likeness (QED) is 0.721. The van der Waals surface area contributed by atoms with Crippen molar-refractivity contribution < 1.29 is 4.39 Å². The summed E-state index contributed by atoms with van der Waals surface area (Å²) in [7, 11) is 0. The van der Waals surface area contributed by atoms with E-state index in [0.717, 1.165) is 32.5 Å². The first-order chi connectivity index (χ1) is 8.65. The molecule has 0 spiro atoms. The van der Waals surface area contributed by atoms with Gasteiger partial charge in [0, 0.05) is 6.04 Å². The van der Waals surface area contributed by atoms with E-state index in [9.17, 15) is 4.39 Å². The lowest BCUT2D eigenvalue weighted by atomic mass is 10.1. The molecule has 0 amide bonds. The molecule has 18 heavy (non-hydrogen) atoms. The van der Waals surface area contributed by atoms with Gasteiger partial charge >= 0.3 is 0 Å². The minimum absolute atomic E-state index is 0.315. The summed E-state index contributed by atoms with van der Waals surface area (Å²) in [5, 5.41) is 3.22. The second-order valence-electron chi connectivity index (χ2n) is 4.56. The predicted molar refractivity (Wildman–Crippen MR) is 74.3 cm³/mol. The summed E-state index contributed by atoms with van der Waals surface area (Å²) in [5.74, 6) is 0.181. The fraction of sp³-hybridized carbons (Fsp3) is 0.643. The number of nitrogens with zero attached hydrogens (tertiary/aromatic N) is 2. The second kappa shape index (κ2) is 8.03. The summed E-state index contributed by atoms with van der Waals surface area (Å²) in [4.78, 5) is 6.21. The SMILES string of the molecule is CCN(CC)CCCC(C)Nc1cccc(F)n1. The number of pyridine rings is 1. The minimum atomic E-state index is -0.435. The Morgan fingerprint density at radius 1 is 1.33 bits per heavy atom. The molecule has 1 aromatic heterocycles. The highest BCUT2D eigenvalue weighted by molar-refractivity contribution is 5.34. The van der Waals surface area contributed by atoms with Crippen LogP contribution in [0, 0.1) is 5.95 Å². The predicted octanol–water partition coefficient (Wildman–Crippen LogP) is 3.14. The molecule has 1 heterocycles. The van der Waals surface area contributed by atoms with Crippen molar-refractivity contribution in [1.82, 2.24) is 9.88 Å². The van der Waals surface area contributed by atoms with Gasteiger partial charge in [-0.1, -0.05) is 19.9 Å². The third-order valence-corrected chi connectivity index (χ3v) is 3.12. The Morgan fingerprint density at radius 3 is 2.67 bits per heavy atom. The highest BCUT2D eigenvalue weighted by atomic mass is 19.1. The fourth-order valence-corrected chi connectivity index (χ4v) is 1.97. The Bertz CT molecular complexity index is 340. The van der Waals surface area contributed by atoms with E-state index in [-0.39, 0.29) is 0 Å². The molecule has 0 saturated heterocycles. The average Bonchev–Trinajstić information content (AvgIpc) is 2.34. The van der Waals surface area contributed by atoms with Crippen LogP contribution in [0.3, 0.4) is 0 Å². The first-order valence-corrected chi connectivity index (χ1v) is 6.77. The average molecular weight is 253 g/mol. The molecule has 1 unspecified atom stereocenters. The van der Waals surface area contributed by atoms with Crippen molar-refractivity contribution in [2.75, 3.05) is 25.0 Å². The summed E-state index contributed by atoms with van der Waals surface area (Å²) in [6.07, 6.45) is 2.21. The number of hydrogen-bond acceptors (Lipinski definition) is 3. The van der Waals surface area contributed by atoms with Crippen LogP contribution in [-0.4, -0.2) is 35.6 Å². The molecule has 1 atom stereocenters. The van der Waals surface area contributed by atoms with Crippen molar-refractivity contribution in [3.05, 3.63) is 24.1 Å². The monoisotopic (exact) mass is 253 g/mol. The number of hydrogen-bond donors (Lipinski definition) is 1. The van der Waals surface area contributed by atoms with Crippen LogP contribution in [0.15, 0.2) is 18.2 Å². The molecule has 1 N–H and O–H groups in total. The summed E-state index contributed by atoms with van der Waals surface area (Å²) >= 11 is 0. The summed E-state index contributed by atoms with van der Waals surface area (Å²) < 4.78 is 12.9. The van der Waals surface area contributed by atoms with Crippen LogP contribution in [0.2, 0.25) is 0 Å². The van der Waals surface area contributed by atoms with Crippen molar-refractivity contribution in [2.24, 2.45) is 0 Å². The highest BCUT2D eigenvalue weighted by Crippen LogP contribution is 2.08. The highest BCUT2D eigenvalue weighted by Gasteiger charge is 2.05. The Labute approximate surface area is 109 Å². The molecular weight excluding hydrogens is 229 g/mol. The largest absolute Gasteiger partial charge is 0.368 e. The lowest BCUT2D eigenvalue weighted by molar-refractivity contribution is 0.295. The normalized spacial score (nSPS) is 12.7. The maximum absolute atomic E-state index is 12.9. The summed E-state index contributed by atoms with van der Waals surface area (Å²) in [6.45, 7) is 9.79. The number of rotatable bonds is 8. The zero-order valence-corrected chi connectivity index (χ0v) is 11.6. The topological polar surface area (TPSA) is 28.2 Å². The van der Waals surface area contributed by atoms with Gasteiger partial charge in [0.15, 0.2) is 0 Å². The maximum atomic E-state index is 12.9. The van der Waals surface area contributed by atoms with E-state index in [2.05, 4.69) is 36.0 Å². The van der Waals surface area contributed by atoms with E-state index in [0.29, 0.717) is 11.9 Å². The molecule has 1 aromatic rings. The first kappa shape index (κ1) is 14.9. The Morgan fingerprint density at radius 2 is 2.06 bits per heavy atom. The zero-order chi connectivity index (χ0) is 13.4. The van der Waals surface area contributed by atoms with Crippen LogP contribution >= 0.6 is 0 Å².